The standard InChI is InChI=1S/C18H18ClF2NO3/c19-10-17(23)16(8-13-6-14(20)9-15(21)7-13)22-18(24)25-11-12-4-2-1-3-5-12/h1-7,9,16-17,23H,8,10-11H2,(H,22,24)/t16-,17-/m0/s1. The predicted octanol–water partition coefficient (Wildman–Crippen LogP) is 3.40. The van der Waals surface area contributed by atoms with Gasteiger partial charge in [0.25, 0.3) is 0 Å². The van der Waals surface area contributed by atoms with Gasteiger partial charge in [-0.25, -0.2) is 13.6 Å². The predicted molar refractivity (Wildman–Crippen MR) is 90.3 cm³/mol. The Morgan fingerprint density at radius 1 is 1.12 bits per heavy atom. The molecule has 2 aromatic rings. The number of hydrogen-bond acceptors (Lipinski definition) is 3. The number of hydrogen-bond donors (Lipinski definition) is 2. The van der Waals surface area contributed by atoms with Gasteiger partial charge in [-0.15, -0.1) is 11.6 Å². The number of ether oxygens (including phenoxy) is 1. The molecule has 25 heavy (non-hydrogen) atoms. The van der Waals surface area contributed by atoms with Gasteiger partial charge >= 0.3 is 6.09 Å². The van der Waals surface area contributed by atoms with Crippen LogP contribution in [0.15, 0.2) is 48.5 Å². The number of aliphatic hydroxyl groups excluding tert-OH is 1. The first-order chi connectivity index (χ1) is 12.0. The fraction of sp³-hybridized carbons (Fsp3) is 0.278. The average Bonchev–Trinajstić information content (AvgIpc) is 2.58. The number of carbonyl (C=O) groups is 1. The highest BCUT2D eigenvalue weighted by atomic mass is 35.5. The number of aliphatic hydroxyl groups is 1. The lowest BCUT2D eigenvalue weighted by molar-refractivity contribution is 0.110. The molecule has 0 aromatic heterocycles. The number of halogens is 3. The monoisotopic (exact) mass is 369 g/mol. The van der Waals surface area contributed by atoms with Crippen LogP contribution in [0.5, 0.6) is 0 Å². The number of carbonyl (C=O) groups excluding carboxylic acids is 1. The van der Waals surface area contributed by atoms with Crippen LogP contribution in [0.4, 0.5) is 13.6 Å². The first kappa shape index (κ1) is 19.1. The van der Waals surface area contributed by atoms with Gasteiger partial charge in [-0.3, -0.25) is 0 Å². The molecule has 0 aliphatic heterocycles. The molecule has 0 fully saturated rings. The smallest absolute Gasteiger partial charge is 0.407 e. The maximum Gasteiger partial charge on any atom is 0.407 e. The van der Waals surface area contributed by atoms with E-state index in [1.807, 2.05) is 18.2 Å². The van der Waals surface area contributed by atoms with E-state index in [1.165, 1.54) is 0 Å². The average molecular weight is 370 g/mol. The molecule has 0 aliphatic rings. The molecule has 2 rings (SSSR count). The second-order valence-electron chi connectivity index (χ2n) is 5.52. The topological polar surface area (TPSA) is 58.6 Å². The minimum Gasteiger partial charge on any atom is -0.445 e. The zero-order chi connectivity index (χ0) is 18.2. The van der Waals surface area contributed by atoms with E-state index in [0.717, 1.165) is 23.8 Å². The number of rotatable bonds is 7. The molecular formula is C18H18ClF2NO3. The molecule has 0 unspecified atom stereocenters. The Bertz CT molecular complexity index is 680. The summed E-state index contributed by atoms with van der Waals surface area (Å²) in [4.78, 5) is 11.9. The van der Waals surface area contributed by atoms with Crippen molar-refractivity contribution in [1.82, 2.24) is 5.32 Å². The van der Waals surface area contributed by atoms with Gasteiger partial charge in [0.2, 0.25) is 0 Å². The van der Waals surface area contributed by atoms with Gasteiger partial charge in [-0.05, 0) is 29.7 Å². The first-order valence-corrected chi connectivity index (χ1v) is 8.17. The van der Waals surface area contributed by atoms with Crippen molar-refractivity contribution >= 4 is 17.7 Å². The van der Waals surface area contributed by atoms with E-state index in [2.05, 4.69) is 5.32 Å². The van der Waals surface area contributed by atoms with Crippen molar-refractivity contribution < 1.29 is 23.4 Å². The Balaban J connectivity index is 1.98. The van der Waals surface area contributed by atoms with E-state index in [9.17, 15) is 18.7 Å². The lowest BCUT2D eigenvalue weighted by Crippen LogP contribution is -2.45. The van der Waals surface area contributed by atoms with Crippen molar-refractivity contribution in [3.05, 3.63) is 71.3 Å². The second-order valence-corrected chi connectivity index (χ2v) is 5.82. The summed E-state index contributed by atoms with van der Waals surface area (Å²) in [6.07, 6.45) is -1.85. The summed E-state index contributed by atoms with van der Waals surface area (Å²) >= 11 is 5.64. The quantitative estimate of drug-likeness (QED) is 0.735. The molecule has 0 spiro atoms. The molecular weight excluding hydrogens is 352 g/mol. The summed E-state index contributed by atoms with van der Waals surface area (Å²) < 4.78 is 31.7. The lowest BCUT2D eigenvalue weighted by Gasteiger charge is -2.22. The first-order valence-electron chi connectivity index (χ1n) is 7.64. The largest absolute Gasteiger partial charge is 0.445 e. The van der Waals surface area contributed by atoms with Crippen molar-refractivity contribution in [2.75, 3.05) is 5.88 Å². The van der Waals surface area contributed by atoms with Crippen molar-refractivity contribution in [2.24, 2.45) is 0 Å². The number of amides is 1. The molecule has 134 valence electrons. The summed E-state index contributed by atoms with van der Waals surface area (Å²) in [5, 5.41) is 12.4. The van der Waals surface area contributed by atoms with Crippen LogP contribution in [-0.2, 0) is 17.8 Å². The number of alkyl halides is 1. The maximum absolute atomic E-state index is 13.3. The normalized spacial score (nSPS) is 13.1. The third-order valence-corrected chi connectivity index (χ3v) is 3.83. The zero-order valence-electron chi connectivity index (χ0n) is 13.3. The molecule has 0 saturated carbocycles. The van der Waals surface area contributed by atoms with E-state index >= 15 is 0 Å². The highest BCUT2D eigenvalue weighted by molar-refractivity contribution is 6.18. The molecule has 0 bridgehead atoms. The van der Waals surface area contributed by atoms with Crippen LogP contribution in [0.3, 0.4) is 0 Å². The van der Waals surface area contributed by atoms with Gasteiger partial charge in [0.15, 0.2) is 0 Å². The van der Waals surface area contributed by atoms with Crippen LogP contribution >= 0.6 is 11.6 Å². The maximum atomic E-state index is 13.3. The summed E-state index contributed by atoms with van der Waals surface area (Å²) in [7, 11) is 0. The molecule has 0 radical (unpaired) electrons. The van der Waals surface area contributed by atoms with Gasteiger partial charge in [-0.2, -0.15) is 0 Å². The minimum absolute atomic E-state index is 0.00298. The summed E-state index contributed by atoms with van der Waals surface area (Å²) in [5.74, 6) is -1.62. The fourth-order valence-electron chi connectivity index (χ4n) is 2.29. The van der Waals surface area contributed by atoms with Crippen molar-refractivity contribution in [3.8, 4) is 0 Å². The van der Waals surface area contributed by atoms with Gasteiger partial charge < -0.3 is 15.2 Å². The number of nitrogens with one attached hydrogen (secondary N) is 1. The molecule has 2 aromatic carbocycles. The zero-order valence-corrected chi connectivity index (χ0v) is 14.0. The molecule has 0 heterocycles. The van der Waals surface area contributed by atoms with Crippen LogP contribution in [-0.4, -0.2) is 29.2 Å². The van der Waals surface area contributed by atoms with E-state index < -0.39 is 29.9 Å². The Morgan fingerprint density at radius 3 is 2.36 bits per heavy atom. The molecule has 4 nitrogen and oxygen atoms in total. The number of benzene rings is 2. The molecule has 1 amide bonds. The molecule has 0 saturated heterocycles. The third kappa shape index (κ3) is 6.32. The van der Waals surface area contributed by atoms with Crippen LogP contribution in [0.2, 0.25) is 0 Å². The Labute approximate surface area is 149 Å². The van der Waals surface area contributed by atoms with Crippen molar-refractivity contribution in [3.63, 3.8) is 0 Å². The van der Waals surface area contributed by atoms with E-state index in [-0.39, 0.29) is 24.5 Å². The van der Waals surface area contributed by atoms with E-state index in [1.54, 1.807) is 12.1 Å². The van der Waals surface area contributed by atoms with Gasteiger partial charge in [-0.1, -0.05) is 30.3 Å². The molecule has 0 aliphatic carbocycles. The van der Waals surface area contributed by atoms with Crippen LogP contribution in [0.25, 0.3) is 0 Å². The SMILES string of the molecule is O=C(N[C@@H](Cc1cc(F)cc(F)c1)[C@@H](O)CCl)OCc1ccccc1. The Hall–Kier alpha value is -2.18. The van der Waals surface area contributed by atoms with Gasteiger partial charge in [0.1, 0.15) is 18.2 Å². The Kier molecular flexibility index (Phi) is 7.16. The molecule has 2 N–H and O–H groups in total. The van der Waals surface area contributed by atoms with Crippen LogP contribution in [0, 0.1) is 11.6 Å². The third-order valence-electron chi connectivity index (χ3n) is 3.52. The van der Waals surface area contributed by atoms with E-state index in [4.69, 9.17) is 16.3 Å². The van der Waals surface area contributed by atoms with Gasteiger partial charge in [0, 0.05) is 6.07 Å². The summed E-state index contributed by atoms with van der Waals surface area (Å²) in [6.45, 7) is 0.0605. The molecule has 7 heteroatoms. The highest BCUT2D eigenvalue weighted by Gasteiger charge is 2.22. The van der Waals surface area contributed by atoms with Crippen LogP contribution < -0.4 is 5.32 Å². The summed E-state index contributed by atoms with van der Waals surface area (Å²) in [6, 6.07) is 11.2. The van der Waals surface area contributed by atoms with Crippen molar-refractivity contribution in [1.29, 1.82) is 0 Å². The fourth-order valence-corrected chi connectivity index (χ4v) is 2.50. The van der Waals surface area contributed by atoms with Crippen LogP contribution in [0.1, 0.15) is 11.1 Å². The highest BCUT2D eigenvalue weighted by Crippen LogP contribution is 2.13. The molecule has 2 atom stereocenters. The Morgan fingerprint density at radius 2 is 1.76 bits per heavy atom. The van der Waals surface area contributed by atoms with Crippen molar-refractivity contribution in [2.45, 2.75) is 25.2 Å². The second kappa shape index (κ2) is 9.34. The summed E-state index contributed by atoms with van der Waals surface area (Å²) in [5.41, 5.74) is 1.09. The minimum atomic E-state index is -1.10. The van der Waals surface area contributed by atoms with Gasteiger partial charge in [0.05, 0.1) is 18.0 Å². The lowest BCUT2D eigenvalue weighted by atomic mass is 10.0. The number of alkyl carbamates (subject to hydrolysis) is 1. The van der Waals surface area contributed by atoms with E-state index in [0.29, 0.717) is 0 Å².